The minimum atomic E-state index is -0.764. The third-order valence-corrected chi connectivity index (χ3v) is 1.51. The van der Waals surface area contributed by atoms with E-state index in [4.69, 9.17) is 5.11 Å². The maximum absolute atomic E-state index is 10.1. The average molecular weight is 142 g/mol. The van der Waals surface area contributed by atoms with Crippen LogP contribution in [0.4, 0.5) is 0 Å². The minimum Gasteiger partial charge on any atom is -0.481 e. The van der Waals surface area contributed by atoms with E-state index in [1.54, 1.807) is 6.08 Å². The van der Waals surface area contributed by atoms with Gasteiger partial charge in [0, 0.05) is 0 Å². The van der Waals surface area contributed by atoms with Gasteiger partial charge in [0.1, 0.15) is 0 Å². The number of hydrogen-bond donors (Lipinski definition) is 1. The highest BCUT2D eigenvalue weighted by Crippen LogP contribution is 2.08. The molecule has 0 rings (SSSR count). The van der Waals surface area contributed by atoms with Crippen molar-refractivity contribution in [2.24, 2.45) is 5.92 Å². The van der Waals surface area contributed by atoms with Crippen LogP contribution >= 0.6 is 0 Å². The van der Waals surface area contributed by atoms with Crippen molar-refractivity contribution in [2.45, 2.75) is 27.2 Å². The fourth-order valence-electron chi connectivity index (χ4n) is 0.484. The third kappa shape index (κ3) is 4.13. The van der Waals surface area contributed by atoms with E-state index in [2.05, 4.69) is 0 Å². The van der Waals surface area contributed by atoms with Crippen LogP contribution in [-0.4, -0.2) is 11.1 Å². The van der Waals surface area contributed by atoms with Crippen LogP contribution in [0.3, 0.4) is 0 Å². The van der Waals surface area contributed by atoms with Crippen molar-refractivity contribution in [3.8, 4) is 0 Å². The Morgan fingerprint density at radius 2 is 2.10 bits per heavy atom. The highest BCUT2D eigenvalue weighted by Gasteiger charge is 1.97. The molecule has 10 heavy (non-hydrogen) atoms. The van der Waals surface area contributed by atoms with Gasteiger partial charge in [0.05, 0.1) is 6.42 Å². The predicted molar refractivity (Wildman–Crippen MR) is 40.8 cm³/mol. The summed E-state index contributed by atoms with van der Waals surface area (Å²) in [5, 5.41) is 8.30. The van der Waals surface area contributed by atoms with E-state index in [0.29, 0.717) is 5.92 Å². The van der Waals surface area contributed by atoms with Gasteiger partial charge in [-0.05, 0) is 12.8 Å². The summed E-state index contributed by atoms with van der Waals surface area (Å²) in [5.41, 5.74) is 1.14. The summed E-state index contributed by atoms with van der Waals surface area (Å²) in [6, 6.07) is 0. The number of aliphatic carboxylic acids is 1. The Morgan fingerprint density at radius 1 is 1.60 bits per heavy atom. The van der Waals surface area contributed by atoms with Crippen molar-refractivity contribution >= 4 is 5.97 Å². The number of carbonyl (C=O) groups is 1. The largest absolute Gasteiger partial charge is 0.481 e. The SMILES string of the molecule is C/C(=C/CC(=O)O)C(C)C. The molecule has 0 unspecified atom stereocenters. The molecular formula is C8H14O2. The van der Waals surface area contributed by atoms with E-state index in [1.165, 1.54) is 0 Å². The number of rotatable bonds is 3. The lowest BCUT2D eigenvalue weighted by molar-refractivity contribution is -0.136. The Bertz CT molecular complexity index is 145. The third-order valence-electron chi connectivity index (χ3n) is 1.51. The van der Waals surface area contributed by atoms with Gasteiger partial charge in [-0.2, -0.15) is 0 Å². The van der Waals surface area contributed by atoms with Crippen LogP contribution in [-0.2, 0) is 4.79 Å². The molecular weight excluding hydrogens is 128 g/mol. The molecule has 0 bridgehead atoms. The van der Waals surface area contributed by atoms with E-state index >= 15 is 0 Å². The zero-order chi connectivity index (χ0) is 8.15. The molecule has 0 aliphatic heterocycles. The molecule has 0 atom stereocenters. The summed E-state index contributed by atoms with van der Waals surface area (Å²) in [7, 11) is 0. The molecule has 0 saturated heterocycles. The zero-order valence-corrected chi connectivity index (χ0v) is 6.72. The van der Waals surface area contributed by atoms with Crippen molar-refractivity contribution in [3.63, 3.8) is 0 Å². The normalized spacial score (nSPS) is 12.2. The molecule has 0 aromatic heterocycles. The molecule has 2 nitrogen and oxygen atoms in total. The molecule has 58 valence electrons. The molecule has 0 saturated carbocycles. The topological polar surface area (TPSA) is 37.3 Å². The van der Waals surface area contributed by atoms with Crippen molar-refractivity contribution in [1.29, 1.82) is 0 Å². The van der Waals surface area contributed by atoms with Crippen LogP contribution in [0.2, 0.25) is 0 Å². The molecule has 1 N–H and O–H groups in total. The standard InChI is InChI=1S/C8H14O2/c1-6(2)7(3)4-5-8(9)10/h4,6H,5H2,1-3H3,(H,9,10)/b7-4-. The maximum Gasteiger partial charge on any atom is 0.307 e. The number of carboxylic acids is 1. The van der Waals surface area contributed by atoms with Gasteiger partial charge in [0.25, 0.3) is 0 Å². The van der Waals surface area contributed by atoms with Crippen molar-refractivity contribution in [3.05, 3.63) is 11.6 Å². The second-order valence-electron chi connectivity index (χ2n) is 2.70. The molecule has 2 heteroatoms. The predicted octanol–water partition coefficient (Wildman–Crippen LogP) is 2.06. The van der Waals surface area contributed by atoms with Gasteiger partial charge in [0.2, 0.25) is 0 Å². The highest BCUT2D eigenvalue weighted by atomic mass is 16.4. The highest BCUT2D eigenvalue weighted by molar-refractivity contribution is 5.68. The summed E-state index contributed by atoms with van der Waals surface area (Å²) >= 11 is 0. The first kappa shape index (κ1) is 9.21. The van der Waals surface area contributed by atoms with Crippen molar-refractivity contribution in [2.75, 3.05) is 0 Å². The van der Waals surface area contributed by atoms with Gasteiger partial charge in [-0.15, -0.1) is 0 Å². The first-order valence-electron chi connectivity index (χ1n) is 3.42. The Balaban J connectivity index is 3.80. The molecule has 0 amide bonds. The van der Waals surface area contributed by atoms with Gasteiger partial charge in [0.15, 0.2) is 0 Å². The average Bonchev–Trinajstić information content (AvgIpc) is 1.82. The molecule has 0 aliphatic rings. The summed E-state index contributed by atoms with van der Waals surface area (Å²) in [5.74, 6) is -0.306. The van der Waals surface area contributed by atoms with Gasteiger partial charge in [-0.3, -0.25) is 4.79 Å². The Hall–Kier alpha value is -0.790. The number of carboxylic acid groups (broad SMARTS) is 1. The second-order valence-corrected chi connectivity index (χ2v) is 2.70. The van der Waals surface area contributed by atoms with Gasteiger partial charge >= 0.3 is 5.97 Å². The molecule has 0 spiro atoms. The molecule has 0 aromatic rings. The summed E-state index contributed by atoms with van der Waals surface area (Å²) < 4.78 is 0. The smallest absolute Gasteiger partial charge is 0.307 e. The summed E-state index contributed by atoms with van der Waals surface area (Å²) in [6.45, 7) is 6.05. The molecule has 0 fully saturated rings. The number of hydrogen-bond acceptors (Lipinski definition) is 1. The van der Waals surface area contributed by atoms with Gasteiger partial charge in [-0.1, -0.05) is 25.5 Å². The van der Waals surface area contributed by atoms with E-state index < -0.39 is 5.97 Å². The van der Waals surface area contributed by atoms with Crippen LogP contribution in [0.5, 0.6) is 0 Å². The Morgan fingerprint density at radius 3 is 2.40 bits per heavy atom. The second kappa shape index (κ2) is 4.09. The van der Waals surface area contributed by atoms with Gasteiger partial charge < -0.3 is 5.11 Å². The van der Waals surface area contributed by atoms with Crippen LogP contribution in [0, 0.1) is 5.92 Å². The molecule has 0 aromatic carbocycles. The van der Waals surface area contributed by atoms with E-state index in [1.807, 2.05) is 20.8 Å². The van der Waals surface area contributed by atoms with E-state index in [0.717, 1.165) is 5.57 Å². The zero-order valence-electron chi connectivity index (χ0n) is 6.72. The van der Waals surface area contributed by atoms with Crippen molar-refractivity contribution in [1.82, 2.24) is 0 Å². The maximum atomic E-state index is 10.1. The fraction of sp³-hybridized carbons (Fsp3) is 0.625. The van der Waals surface area contributed by atoms with Crippen LogP contribution in [0.15, 0.2) is 11.6 Å². The lowest BCUT2D eigenvalue weighted by Crippen LogP contribution is -1.94. The number of allylic oxidation sites excluding steroid dienone is 1. The van der Waals surface area contributed by atoms with Gasteiger partial charge in [-0.25, -0.2) is 0 Å². The van der Waals surface area contributed by atoms with Crippen LogP contribution in [0.1, 0.15) is 27.2 Å². The van der Waals surface area contributed by atoms with Crippen molar-refractivity contribution < 1.29 is 9.90 Å². The molecule has 0 radical (unpaired) electrons. The van der Waals surface area contributed by atoms with Crippen LogP contribution < -0.4 is 0 Å². The Kier molecular flexibility index (Phi) is 3.77. The fourth-order valence-corrected chi connectivity index (χ4v) is 0.484. The summed E-state index contributed by atoms with van der Waals surface area (Å²) in [4.78, 5) is 10.1. The first-order valence-corrected chi connectivity index (χ1v) is 3.42. The van der Waals surface area contributed by atoms with E-state index in [9.17, 15) is 4.79 Å². The summed E-state index contributed by atoms with van der Waals surface area (Å²) in [6.07, 6.45) is 1.90. The lowest BCUT2D eigenvalue weighted by atomic mass is 10.0. The molecule has 0 heterocycles. The lowest BCUT2D eigenvalue weighted by Gasteiger charge is -2.02. The monoisotopic (exact) mass is 142 g/mol. The minimum absolute atomic E-state index is 0.143. The van der Waals surface area contributed by atoms with E-state index in [-0.39, 0.29) is 6.42 Å². The van der Waals surface area contributed by atoms with Crippen LogP contribution in [0.25, 0.3) is 0 Å². The molecule has 0 aliphatic carbocycles. The Labute approximate surface area is 61.6 Å². The quantitative estimate of drug-likeness (QED) is 0.612. The first-order chi connectivity index (χ1) is 4.54.